The lowest BCUT2D eigenvalue weighted by atomic mass is 10.1. The van der Waals surface area contributed by atoms with Crippen LogP contribution in [-0.2, 0) is 0 Å². The van der Waals surface area contributed by atoms with E-state index in [0.29, 0.717) is 12.4 Å². The summed E-state index contributed by atoms with van der Waals surface area (Å²) in [6.45, 7) is 2.86. The number of aliphatic hydroxyl groups excluding tert-OH is 1. The third-order valence-corrected chi connectivity index (χ3v) is 3.29. The van der Waals surface area contributed by atoms with Crippen molar-refractivity contribution in [2.24, 2.45) is 0 Å². The molecule has 2 rings (SSSR count). The fourth-order valence-corrected chi connectivity index (χ4v) is 2.17. The van der Waals surface area contributed by atoms with E-state index >= 15 is 0 Å². The summed E-state index contributed by atoms with van der Waals surface area (Å²) in [4.78, 5) is 2.19. The molecule has 0 aromatic heterocycles. The molecule has 0 saturated carbocycles. The van der Waals surface area contributed by atoms with Gasteiger partial charge in [-0.05, 0) is 37.1 Å². The van der Waals surface area contributed by atoms with Crippen LogP contribution in [0.5, 0.6) is 11.5 Å². The van der Waals surface area contributed by atoms with E-state index in [1.807, 2.05) is 0 Å². The second kappa shape index (κ2) is 7.00. The molecule has 118 valence electrons. The number of rotatable bonds is 5. The number of alkyl halides is 3. The van der Waals surface area contributed by atoms with E-state index in [1.165, 1.54) is 24.3 Å². The van der Waals surface area contributed by atoms with Gasteiger partial charge in [0.2, 0.25) is 0 Å². The van der Waals surface area contributed by atoms with Gasteiger partial charge in [-0.2, -0.15) is 0 Å². The van der Waals surface area contributed by atoms with Gasteiger partial charge in [-0.25, -0.2) is 0 Å². The maximum Gasteiger partial charge on any atom is 0.573 e. The van der Waals surface area contributed by atoms with Gasteiger partial charge in [0.1, 0.15) is 18.1 Å². The number of halogens is 3. The van der Waals surface area contributed by atoms with Crippen molar-refractivity contribution in [2.45, 2.75) is 25.3 Å². The first-order chi connectivity index (χ1) is 9.92. The molecule has 0 amide bonds. The van der Waals surface area contributed by atoms with Gasteiger partial charge in [0.05, 0.1) is 6.10 Å². The topological polar surface area (TPSA) is 41.9 Å². The van der Waals surface area contributed by atoms with Crippen molar-refractivity contribution in [3.05, 3.63) is 24.3 Å². The third kappa shape index (κ3) is 5.81. The fraction of sp³-hybridized carbons (Fsp3) is 0.571. The van der Waals surface area contributed by atoms with E-state index < -0.39 is 6.36 Å². The molecule has 0 bridgehead atoms. The summed E-state index contributed by atoms with van der Waals surface area (Å²) in [5.74, 6) is 0.237. The zero-order chi connectivity index (χ0) is 15.3. The Morgan fingerprint density at radius 2 is 1.67 bits per heavy atom. The number of benzene rings is 1. The Balaban J connectivity index is 1.71. The average Bonchev–Trinajstić information content (AvgIpc) is 2.41. The molecule has 4 nitrogen and oxygen atoms in total. The van der Waals surface area contributed by atoms with Crippen molar-refractivity contribution in [1.29, 1.82) is 0 Å². The lowest BCUT2D eigenvalue weighted by Gasteiger charge is -2.29. The van der Waals surface area contributed by atoms with Crippen LogP contribution in [-0.4, -0.2) is 48.7 Å². The Labute approximate surface area is 121 Å². The maximum atomic E-state index is 12.0. The second-order valence-electron chi connectivity index (χ2n) is 4.94. The first kappa shape index (κ1) is 15.9. The molecule has 1 aromatic rings. The van der Waals surface area contributed by atoms with Gasteiger partial charge in [0, 0.05) is 19.6 Å². The number of ether oxygens (including phenoxy) is 2. The summed E-state index contributed by atoms with van der Waals surface area (Å²) < 4.78 is 45.3. The van der Waals surface area contributed by atoms with Gasteiger partial charge in [-0.3, -0.25) is 4.90 Å². The molecule has 21 heavy (non-hydrogen) atoms. The smallest absolute Gasteiger partial charge is 0.492 e. The highest BCUT2D eigenvalue weighted by Gasteiger charge is 2.30. The summed E-state index contributed by atoms with van der Waals surface area (Å²) in [5.41, 5.74) is 0. The number of hydrogen-bond acceptors (Lipinski definition) is 4. The monoisotopic (exact) mass is 305 g/mol. The number of aliphatic hydroxyl groups is 1. The molecule has 0 unspecified atom stereocenters. The highest BCUT2D eigenvalue weighted by molar-refractivity contribution is 5.31. The molecule has 1 saturated heterocycles. The SMILES string of the molecule is OC1CCN(CCOc2ccc(OC(F)(F)F)cc2)CC1. The van der Waals surface area contributed by atoms with Crippen LogP contribution in [0.4, 0.5) is 13.2 Å². The van der Waals surface area contributed by atoms with Gasteiger partial charge in [-0.15, -0.1) is 13.2 Å². The van der Waals surface area contributed by atoms with Crippen molar-refractivity contribution in [1.82, 2.24) is 4.90 Å². The summed E-state index contributed by atoms with van der Waals surface area (Å²) in [5, 5.41) is 9.39. The molecule has 1 fully saturated rings. The Bertz CT molecular complexity index is 428. The molecule has 1 aromatic carbocycles. The summed E-state index contributed by atoms with van der Waals surface area (Å²) in [6, 6.07) is 5.34. The molecule has 1 aliphatic rings. The van der Waals surface area contributed by atoms with Gasteiger partial charge in [-0.1, -0.05) is 0 Å². The predicted molar refractivity (Wildman–Crippen MR) is 70.3 cm³/mol. The molecule has 0 spiro atoms. The summed E-state index contributed by atoms with van der Waals surface area (Å²) in [7, 11) is 0. The molecule has 1 aliphatic heterocycles. The van der Waals surface area contributed by atoms with Gasteiger partial charge < -0.3 is 14.6 Å². The number of piperidine rings is 1. The molecular formula is C14H18F3NO3. The van der Waals surface area contributed by atoms with Crippen LogP contribution < -0.4 is 9.47 Å². The molecular weight excluding hydrogens is 287 g/mol. The van der Waals surface area contributed by atoms with Crippen molar-refractivity contribution < 1.29 is 27.8 Å². The minimum absolute atomic E-state index is 0.205. The summed E-state index contributed by atoms with van der Waals surface area (Å²) in [6.07, 6.45) is -3.35. The lowest BCUT2D eigenvalue weighted by Crippen LogP contribution is -2.38. The Hall–Kier alpha value is -1.47. The first-order valence-corrected chi connectivity index (χ1v) is 6.81. The van der Waals surface area contributed by atoms with E-state index in [0.717, 1.165) is 32.5 Å². The van der Waals surface area contributed by atoms with Crippen LogP contribution in [0.1, 0.15) is 12.8 Å². The van der Waals surface area contributed by atoms with Crippen LogP contribution in [0, 0.1) is 0 Å². The standard InChI is InChI=1S/C14H18F3NO3/c15-14(16,17)21-13-3-1-12(2-4-13)20-10-9-18-7-5-11(19)6-8-18/h1-4,11,19H,5-10H2. The lowest BCUT2D eigenvalue weighted by molar-refractivity contribution is -0.274. The van der Waals surface area contributed by atoms with Gasteiger partial charge >= 0.3 is 6.36 Å². The highest BCUT2D eigenvalue weighted by atomic mass is 19.4. The van der Waals surface area contributed by atoms with E-state index in [4.69, 9.17) is 4.74 Å². The zero-order valence-electron chi connectivity index (χ0n) is 11.5. The normalized spacial score (nSPS) is 17.7. The number of likely N-dealkylation sites (tertiary alicyclic amines) is 1. The fourth-order valence-electron chi connectivity index (χ4n) is 2.17. The number of hydrogen-bond donors (Lipinski definition) is 1. The molecule has 7 heteroatoms. The molecule has 1 N–H and O–H groups in total. The van der Waals surface area contributed by atoms with Crippen LogP contribution in [0.15, 0.2) is 24.3 Å². The minimum Gasteiger partial charge on any atom is -0.492 e. The van der Waals surface area contributed by atoms with Crippen molar-refractivity contribution in [3.63, 3.8) is 0 Å². The van der Waals surface area contributed by atoms with E-state index in [-0.39, 0.29) is 11.9 Å². The van der Waals surface area contributed by atoms with Crippen molar-refractivity contribution in [2.75, 3.05) is 26.2 Å². The average molecular weight is 305 g/mol. The van der Waals surface area contributed by atoms with E-state index in [1.54, 1.807) is 0 Å². The largest absolute Gasteiger partial charge is 0.573 e. The van der Waals surface area contributed by atoms with Crippen LogP contribution >= 0.6 is 0 Å². The van der Waals surface area contributed by atoms with E-state index in [2.05, 4.69) is 9.64 Å². The Kier molecular flexibility index (Phi) is 5.30. The molecule has 0 aliphatic carbocycles. The number of nitrogens with zero attached hydrogens (tertiary/aromatic N) is 1. The quantitative estimate of drug-likeness (QED) is 0.907. The predicted octanol–water partition coefficient (Wildman–Crippen LogP) is 2.42. The highest BCUT2D eigenvalue weighted by Crippen LogP contribution is 2.24. The molecule has 0 atom stereocenters. The minimum atomic E-state index is -4.68. The van der Waals surface area contributed by atoms with Gasteiger partial charge in [0.25, 0.3) is 0 Å². The first-order valence-electron chi connectivity index (χ1n) is 6.81. The van der Waals surface area contributed by atoms with Crippen molar-refractivity contribution >= 4 is 0 Å². The second-order valence-corrected chi connectivity index (χ2v) is 4.94. The molecule has 1 heterocycles. The Morgan fingerprint density at radius 1 is 1.10 bits per heavy atom. The van der Waals surface area contributed by atoms with Crippen LogP contribution in [0.3, 0.4) is 0 Å². The molecule has 0 radical (unpaired) electrons. The van der Waals surface area contributed by atoms with Crippen LogP contribution in [0.2, 0.25) is 0 Å². The zero-order valence-corrected chi connectivity index (χ0v) is 11.5. The third-order valence-electron chi connectivity index (χ3n) is 3.29. The van der Waals surface area contributed by atoms with Crippen LogP contribution in [0.25, 0.3) is 0 Å². The Morgan fingerprint density at radius 3 is 2.24 bits per heavy atom. The van der Waals surface area contributed by atoms with Gasteiger partial charge in [0.15, 0.2) is 0 Å². The van der Waals surface area contributed by atoms with E-state index in [9.17, 15) is 18.3 Å². The van der Waals surface area contributed by atoms with Crippen molar-refractivity contribution in [3.8, 4) is 11.5 Å². The maximum absolute atomic E-state index is 12.0. The summed E-state index contributed by atoms with van der Waals surface area (Å²) >= 11 is 0.